The Balaban J connectivity index is 2.33. The highest BCUT2D eigenvalue weighted by Gasteiger charge is 2.17. The molecule has 0 unspecified atom stereocenters. The smallest absolute Gasteiger partial charge is 0.312 e. The van der Waals surface area contributed by atoms with Gasteiger partial charge in [-0.05, 0) is 25.1 Å². The molecule has 1 heterocycles. The van der Waals surface area contributed by atoms with E-state index in [1.54, 1.807) is 0 Å². The third-order valence-electron chi connectivity index (χ3n) is 2.64. The molecule has 0 spiro atoms. The first-order valence-electron chi connectivity index (χ1n) is 5.84. The molecule has 0 aliphatic heterocycles. The number of nitrogens with zero attached hydrogens (tertiary/aromatic N) is 3. The number of nitriles is 1. The first kappa shape index (κ1) is 14.1. The highest BCUT2D eigenvalue weighted by atomic mass is 16.6. The molecule has 0 aliphatic rings. The average molecular weight is 283 g/mol. The standard InChI is InChI=1S/C14H9N3O4/c1-9(18)11-3-5-14(16-8-11)21-13-4-2-10(7-15)6-12(13)17(19)20/h2-6,8H,1H3. The summed E-state index contributed by atoms with van der Waals surface area (Å²) in [5.74, 6) is -0.0479. The second kappa shape index (κ2) is 5.79. The molecule has 0 saturated carbocycles. The third kappa shape index (κ3) is 3.19. The van der Waals surface area contributed by atoms with Gasteiger partial charge in [-0.25, -0.2) is 4.98 Å². The van der Waals surface area contributed by atoms with E-state index < -0.39 is 4.92 Å². The van der Waals surface area contributed by atoms with Gasteiger partial charge in [0, 0.05) is 23.9 Å². The zero-order valence-corrected chi connectivity index (χ0v) is 10.9. The van der Waals surface area contributed by atoms with E-state index in [4.69, 9.17) is 10.00 Å². The molecule has 0 fully saturated rings. The number of rotatable bonds is 4. The first-order valence-corrected chi connectivity index (χ1v) is 5.84. The Bertz CT molecular complexity index is 748. The Kier molecular flexibility index (Phi) is 3.90. The molecule has 7 heteroatoms. The molecule has 0 N–H and O–H groups in total. The van der Waals surface area contributed by atoms with Crippen molar-refractivity contribution in [3.05, 3.63) is 57.8 Å². The predicted octanol–water partition coefficient (Wildman–Crippen LogP) is 2.86. The fraction of sp³-hybridized carbons (Fsp3) is 0.0714. The van der Waals surface area contributed by atoms with E-state index >= 15 is 0 Å². The molecule has 21 heavy (non-hydrogen) atoms. The lowest BCUT2D eigenvalue weighted by molar-refractivity contribution is -0.385. The van der Waals surface area contributed by atoms with Gasteiger partial charge >= 0.3 is 5.69 Å². The number of pyridine rings is 1. The van der Waals surface area contributed by atoms with Gasteiger partial charge in [-0.3, -0.25) is 14.9 Å². The summed E-state index contributed by atoms with van der Waals surface area (Å²) < 4.78 is 5.33. The number of nitro groups is 1. The maximum atomic E-state index is 11.1. The van der Waals surface area contributed by atoms with Gasteiger partial charge in [0.25, 0.3) is 0 Å². The largest absolute Gasteiger partial charge is 0.432 e. The summed E-state index contributed by atoms with van der Waals surface area (Å²) in [6.45, 7) is 1.41. The summed E-state index contributed by atoms with van der Waals surface area (Å²) in [6.07, 6.45) is 1.33. The molecule has 0 bridgehead atoms. The van der Waals surface area contributed by atoms with Crippen LogP contribution in [0.15, 0.2) is 36.5 Å². The van der Waals surface area contributed by atoms with Gasteiger partial charge in [-0.1, -0.05) is 0 Å². The van der Waals surface area contributed by atoms with Crippen LogP contribution in [0.4, 0.5) is 5.69 Å². The molecule has 0 aliphatic carbocycles. The van der Waals surface area contributed by atoms with Gasteiger partial charge in [0.15, 0.2) is 5.78 Å². The van der Waals surface area contributed by atoms with E-state index in [0.29, 0.717) is 5.56 Å². The maximum Gasteiger partial charge on any atom is 0.312 e. The van der Waals surface area contributed by atoms with Crippen LogP contribution in [0, 0.1) is 21.4 Å². The van der Waals surface area contributed by atoms with Crippen LogP contribution in [0.2, 0.25) is 0 Å². The van der Waals surface area contributed by atoms with Gasteiger partial charge in [-0.2, -0.15) is 5.26 Å². The lowest BCUT2D eigenvalue weighted by Gasteiger charge is -2.05. The van der Waals surface area contributed by atoms with Crippen molar-refractivity contribution in [2.45, 2.75) is 6.92 Å². The van der Waals surface area contributed by atoms with Crippen LogP contribution in [0.5, 0.6) is 11.6 Å². The van der Waals surface area contributed by atoms with Crippen LogP contribution in [0.25, 0.3) is 0 Å². The monoisotopic (exact) mass is 283 g/mol. The SMILES string of the molecule is CC(=O)c1ccc(Oc2ccc(C#N)cc2[N+](=O)[O-])nc1. The lowest BCUT2D eigenvalue weighted by atomic mass is 10.2. The second-order valence-corrected chi connectivity index (χ2v) is 4.09. The Labute approximate surface area is 119 Å². The number of hydrogen-bond donors (Lipinski definition) is 0. The Morgan fingerprint density at radius 1 is 1.38 bits per heavy atom. The summed E-state index contributed by atoms with van der Waals surface area (Å²) in [4.78, 5) is 25.4. The van der Waals surface area contributed by atoms with E-state index in [9.17, 15) is 14.9 Å². The Morgan fingerprint density at radius 2 is 2.14 bits per heavy atom. The summed E-state index contributed by atoms with van der Waals surface area (Å²) in [7, 11) is 0. The summed E-state index contributed by atoms with van der Waals surface area (Å²) >= 11 is 0. The Morgan fingerprint density at radius 3 is 2.67 bits per heavy atom. The minimum atomic E-state index is -0.639. The van der Waals surface area contributed by atoms with Crippen molar-refractivity contribution < 1.29 is 14.5 Å². The molecule has 0 atom stereocenters. The number of Topliss-reactive ketones (excluding diaryl/α,β-unsaturated/α-hetero) is 1. The number of carbonyl (C=O) groups is 1. The van der Waals surface area contributed by atoms with Crippen molar-refractivity contribution in [3.63, 3.8) is 0 Å². The first-order chi connectivity index (χ1) is 10.0. The van der Waals surface area contributed by atoms with Crippen molar-refractivity contribution in [2.75, 3.05) is 0 Å². The molecule has 0 amide bonds. The molecule has 104 valence electrons. The zero-order chi connectivity index (χ0) is 15.4. The molecule has 2 rings (SSSR count). The minimum absolute atomic E-state index is 0.0259. The van der Waals surface area contributed by atoms with Crippen LogP contribution >= 0.6 is 0 Å². The summed E-state index contributed by atoms with van der Waals surface area (Å²) in [6, 6.07) is 8.64. The molecular formula is C14H9N3O4. The van der Waals surface area contributed by atoms with Crippen molar-refractivity contribution in [3.8, 4) is 17.7 Å². The number of nitro benzene ring substituents is 1. The number of carbonyl (C=O) groups excluding carboxylic acids is 1. The molecule has 0 saturated heterocycles. The molecule has 1 aromatic carbocycles. The van der Waals surface area contributed by atoms with Crippen LogP contribution in [-0.2, 0) is 0 Å². The van der Waals surface area contributed by atoms with Gasteiger partial charge in [0.1, 0.15) is 0 Å². The number of ketones is 1. The summed E-state index contributed by atoms with van der Waals surface area (Å²) in [5.41, 5.74) is 0.247. The third-order valence-corrected chi connectivity index (χ3v) is 2.64. The quantitative estimate of drug-likeness (QED) is 0.485. The molecule has 7 nitrogen and oxygen atoms in total. The van der Waals surface area contributed by atoms with Crippen molar-refractivity contribution in [1.82, 2.24) is 4.98 Å². The number of benzene rings is 1. The molecule has 1 aromatic heterocycles. The fourth-order valence-corrected chi connectivity index (χ4v) is 1.58. The zero-order valence-electron chi connectivity index (χ0n) is 10.9. The fourth-order valence-electron chi connectivity index (χ4n) is 1.58. The van der Waals surface area contributed by atoms with Crippen molar-refractivity contribution in [2.24, 2.45) is 0 Å². The van der Waals surface area contributed by atoms with E-state index in [2.05, 4.69) is 4.98 Å². The van der Waals surface area contributed by atoms with Gasteiger partial charge in [0.05, 0.1) is 16.6 Å². The van der Waals surface area contributed by atoms with E-state index in [1.165, 1.54) is 37.4 Å². The number of hydrogen-bond acceptors (Lipinski definition) is 6. The molecular weight excluding hydrogens is 274 g/mol. The Hall–Kier alpha value is -3.27. The molecule has 0 radical (unpaired) electrons. The van der Waals surface area contributed by atoms with Crippen molar-refractivity contribution >= 4 is 11.5 Å². The lowest BCUT2D eigenvalue weighted by Crippen LogP contribution is -1.97. The maximum absolute atomic E-state index is 11.1. The van der Waals surface area contributed by atoms with E-state index in [0.717, 1.165) is 6.07 Å². The van der Waals surface area contributed by atoms with Gasteiger partial charge in [-0.15, -0.1) is 0 Å². The normalized spacial score (nSPS) is 9.71. The molecule has 2 aromatic rings. The summed E-state index contributed by atoms with van der Waals surface area (Å²) in [5, 5.41) is 19.7. The van der Waals surface area contributed by atoms with E-state index in [-0.39, 0.29) is 28.7 Å². The minimum Gasteiger partial charge on any atom is -0.432 e. The van der Waals surface area contributed by atoms with Crippen LogP contribution in [0.3, 0.4) is 0 Å². The van der Waals surface area contributed by atoms with Crippen LogP contribution < -0.4 is 4.74 Å². The predicted molar refractivity (Wildman–Crippen MR) is 72.1 cm³/mol. The average Bonchev–Trinajstić information content (AvgIpc) is 2.48. The number of ether oxygens (including phenoxy) is 1. The topological polar surface area (TPSA) is 106 Å². The van der Waals surface area contributed by atoms with Crippen molar-refractivity contribution in [1.29, 1.82) is 5.26 Å². The second-order valence-electron chi connectivity index (χ2n) is 4.09. The number of aromatic nitrogens is 1. The van der Waals surface area contributed by atoms with Crippen LogP contribution in [-0.4, -0.2) is 15.7 Å². The van der Waals surface area contributed by atoms with Gasteiger partial charge < -0.3 is 4.74 Å². The van der Waals surface area contributed by atoms with Crippen LogP contribution in [0.1, 0.15) is 22.8 Å². The van der Waals surface area contributed by atoms with Gasteiger partial charge in [0.2, 0.25) is 11.6 Å². The highest BCUT2D eigenvalue weighted by Crippen LogP contribution is 2.31. The highest BCUT2D eigenvalue weighted by molar-refractivity contribution is 5.93. The van der Waals surface area contributed by atoms with E-state index in [1.807, 2.05) is 6.07 Å².